The lowest BCUT2D eigenvalue weighted by molar-refractivity contribution is 0.666. The molecule has 22 heavy (non-hydrogen) atoms. The molecule has 2 aromatic heterocycles. The van der Waals surface area contributed by atoms with E-state index in [0.29, 0.717) is 17.9 Å². The van der Waals surface area contributed by atoms with Crippen LogP contribution in [0.5, 0.6) is 0 Å². The molecule has 0 bridgehead atoms. The second kappa shape index (κ2) is 5.31. The van der Waals surface area contributed by atoms with E-state index in [1.807, 2.05) is 48.5 Å². The van der Waals surface area contributed by atoms with Gasteiger partial charge in [0.25, 0.3) is 0 Å². The summed E-state index contributed by atoms with van der Waals surface area (Å²) in [5.74, 6) is 0.691. The van der Waals surface area contributed by atoms with Crippen LogP contribution in [0.4, 0.5) is 5.82 Å². The number of halogens is 1. The molecule has 5 heteroatoms. The maximum Gasteiger partial charge on any atom is 0.196 e. The van der Waals surface area contributed by atoms with E-state index >= 15 is 0 Å². The van der Waals surface area contributed by atoms with Crippen molar-refractivity contribution in [3.63, 3.8) is 0 Å². The Bertz CT molecular complexity index is 947. The summed E-state index contributed by atoms with van der Waals surface area (Å²) in [5, 5.41) is 5.02. The van der Waals surface area contributed by atoms with Crippen molar-refractivity contribution in [2.24, 2.45) is 0 Å². The molecule has 0 aliphatic rings. The minimum atomic E-state index is 0.639. The van der Waals surface area contributed by atoms with Crippen LogP contribution in [-0.2, 0) is 6.54 Å². The van der Waals surface area contributed by atoms with Gasteiger partial charge in [0.05, 0.1) is 0 Å². The van der Waals surface area contributed by atoms with Crippen molar-refractivity contribution in [1.29, 1.82) is 0 Å². The van der Waals surface area contributed by atoms with Gasteiger partial charge in [-0.3, -0.25) is 0 Å². The molecular formula is C17H12ClN3O. The Kier molecular flexibility index (Phi) is 3.16. The Labute approximate surface area is 131 Å². The number of fused-ring (bicyclic) bond motifs is 3. The van der Waals surface area contributed by atoms with Gasteiger partial charge < -0.3 is 9.73 Å². The summed E-state index contributed by atoms with van der Waals surface area (Å²) in [4.78, 5) is 8.63. The van der Waals surface area contributed by atoms with Gasteiger partial charge in [-0.1, -0.05) is 35.9 Å². The van der Waals surface area contributed by atoms with Crippen LogP contribution in [0.25, 0.3) is 22.1 Å². The molecule has 4 rings (SSSR count). The number of hydrogen-bond donors (Lipinski definition) is 1. The monoisotopic (exact) mass is 309 g/mol. The lowest BCUT2D eigenvalue weighted by Gasteiger charge is -2.05. The van der Waals surface area contributed by atoms with Crippen molar-refractivity contribution in [3.05, 3.63) is 65.4 Å². The molecule has 0 atom stereocenters. The molecule has 4 nitrogen and oxygen atoms in total. The van der Waals surface area contributed by atoms with E-state index in [2.05, 4.69) is 15.3 Å². The van der Waals surface area contributed by atoms with Crippen LogP contribution in [0, 0.1) is 0 Å². The van der Waals surface area contributed by atoms with Crippen LogP contribution < -0.4 is 5.32 Å². The van der Waals surface area contributed by atoms with Crippen LogP contribution >= 0.6 is 11.6 Å². The van der Waals surface area contributed by atoms with Gasteiger partial charge in [-0.15, -0.1) is 0 Å². The summed E-state index contributed by atoms with van der Waals surface area (Å²) in [6.45, 7) is 0.639. The number of hydrogen-bond acceptors (Lipinski definition) is 4. The highest BCUT2D eigenvalue weighted by molar-refractivity contribution is 6.30. The first-order valence-corrected chi connectivity index (χ1v) is 7.29. The topological polar surface area (TPSA) is 51.0 Å². The average molecular weight is 310 g/mol. The molecular weight excluding hydrogens is 298 g/mol. The van der Waals surface area contributed by atoms with E-state index < -0.39 is 0 Å². The van der Waals surface area contributed by atoms with Gasteiger partial charge in [-0.2, -0.15) is 0 Å². The van der Waals surface area contributed by atoms with Crippen LogP contribution in [0.15, 0.2) is 59.3 Å². The number of rotatable bonds is 3. The molecule has 0 spiro atoms. The minimum absolute atomic E-state index is 0.639. The van der Waals surface area contributed by atoms with Crippen LogP contribution in [0.3, 0.4) is 0 Å². The zero-order valence-electron chi connectivity index (χ0n) is 11.6. The Morgan fingerprint density at radius 1 is 1.00 bits per heavy atom. The van der Waals surface area contributed by atoms with E-state index in [0.717, 1.165) is 27.1 Å². The second-order valence-electron chi connectivity index (χ2n) is 4.98. The molecule has 0 fully saturated rings. The molecule has 0 aliphatic heterocycles. The lowest BCUT2D eigenvalue weighted by Crippen LogP contribution is -2.01. The van der Waals surface area contributed by atoms with E-state index in [9.17, 15) is 0 Å². The third-order valence-corrected chi connectivity index (χ3v) is 3.78. The Morgan fingerprint density at radius 2 is 1.82 bits per heavy atom. The fourth-order valence-electron chi connectivity index (χ4n) is 2.44. The number of nitrogens with zero attached hydrogens (tertiary/aromatic N) is 2. The van der Waals surface area contributed by atoms with Crippen LogP contribution in [0.1, 0.15) is 5.56 Å². The lowest BCUT2D eigenvalue weighted by atomic mass is 10.2. The van der Waals surface area contributed by atoms with Crippen LogP contribution in [0.2, 0.25) is 5.02 Å². The standard InChI is InChI=1S/C17H12ClN3O/c18-12-7-5-11(6-8-12)9-19-17-16-15(20-10-21-17)13-3-1-2-4-14(13)22-16/h1-8,10H,9H2,(H,19,20,21). The summed E-state index contributed by atoms with van der Waals surface area (Å²) in [7, 11) is 0. The van der Waals surface area contributed by atoms with E-state index in [1.165, 1.54) is 0 Å². The molecule has 108 valence electrons. The summed E-state index contributed by atoms with van der Waals surface area (Å²) in [6, 6.07) is 15.5. The fourth-order valence-corrected chi connectivity index (χ4v) is 2.56. The van der Waals surface area contributed by atoms with Gasteiger partial charge in [0.1, 0.15) is 17.4 Å². The summed E-state index contributed by atoms with van der Waals surface area (Å²) >= 11 is 5.90. The number of benzene rings is 2. The summed E-state index contributed by atoms with van der Waals surface area (Å²) in [6.07, 6.45) is 1.55. The predicted octanol–water partition coefficient (Wildman–Crippen LogP) is 4.64. The van der Waals surface area contributed by atoms with Gasteiger partial charge in [-0.05, 0) is 29.8 Å². The molecule has 0 radical (unpaired) electrons. The number of anilines is 1. The van der Waals surface area contributed by atoms with Gasteiger partial charge in [0, 0.05) is 17.0 Å². The van der Waals surface area contributed by atoms with Crippen molar-refractivity contribution in [3.8, 4) is 0 Å². The average Bonchev–Trinajstić information content (AvgIpc) is 2.94. The summed E-state index contributed by atoms with van der Waals surface area (Å²) < 4.78 is 5.88. The quantitative estimate of drug-likeness (QED) is 0.599. The van der Waals surface area contributed by atoms with E-state index in [-0.39, 0.29) is 0 Å². The zero-order chi connectivity index (χ0) is 14.9. The SMILES string of the molecule is Clc1ccc(CNc2ncnc3c2oc2ccccc23)cc1. The first-order chi connectivity index (χ1) is 10.8. The normalized spacial score (nSPS) is 11.1. The molecule has 0 saturated carbocycles. The Balaban J connectivity index is 1.70. The molecule has 0 saturated heterocycles. The number of nitrogens with one attached hydrogen (secondary N) is 1. The highest BCUT2D eigenvalue weighted by Gasteiger charge is 2.12. The molecule has 4 aromatic rings. The molecule has 0 amide bonds. The van der Waals surface area contributed by atoms with Crippen molar-refractivity contribution in [2.45, 2.75) is 6.54 Å². The first-order valence-electron chi connectivity index (χ1n) is 6.92. The maximum absolute atomic E-state index is 5.90. The highest BCUT2D eigenvalue weighted by atomic mass is 35.5. The molecule has 1 N–H and O–H groups in total. The van der Waals surface area contributed by atoms with Crippen LogP contribution in [-0.4, -0.2) is 9.97 Å². The maximum atomic E-state index is 5.90. The number of aromatic nitrogens is 2. The van der Waals surface area contributed by atoms with Gasteiger partial charge in [0.15, 0.2) is 11.4 Å². The van der Waals surface area contributed by atoms with Gasteiger partial charge >= 0.3 is 0 Å². The minimum Gasteiger partial charge on any atom is -0.450 e. The molecule has 0 aliphatic carbocycles. The number of furan rings is 1. The van der Waals surface area contributed by atoms with Crippen molar-refractivity contribution >= 4 is 39.5 Å². The fraction of sp³-hybridized carbons (Fsp3) is 0.0588. The summed E-state index contributed by atoms with van der Waals surface area (Å²) in [5.41, 5.74) is 3.43. The second-order valence-corrected chi connectivity index (χ2v) is 5.41. The highest BCUT2D eigenvalue weighted by Crippen LogP contribution is 2.30. The third-order valence-electron chi connectivity index (χ3n) is 3.53. The Morgan fingerprint density at radius 3 is 2.68 bits per heavy atom. The third kappa shape index (κ3) is 2.27. The van der Waals surface area contributed by atoms with Crippen molar-refractivity contribution < 1.29 is 4.42 Å². The van der Waals surface area contributed by atoms with E-state index in [4.69, 9.17) is 16.0 Å². The molecule has 2 aromatic carbocycles. The number of para-hydroxylation sites is 1. The van der Waals surface area contributed by atoms with Crippen molar-refractivity contribution in [2.75, 3.05) is 5.32 Å². The van der Waals surface area contributed by atoms with E-state index in [1.54, 1.807) is 6.33 Å². The first kappa shape index (κ1) is 13.1. The molecule has 2 heterocycles. The van der Waals surface area contributed by atoms with Gasteiger partial charge in [0.2, 0.25) is 0 Å². The van der Waals surface area contributed by atoms with Gasteiger partial charge in [-0.25, -0.2) is 9.97 Å². The Hall–Kier alpha value is -2.59. The van der Waals surface area contributed by atoms with Crippen molar-refractivity contribution in [1.82, 2.24) is 9.97 Å². The zero-order valence-corrected chi connectivity index (χ0v) is 12.3. The predicted molar refractivity (Wildman–Crippen MR) is 88.1 cm³/mol. The largest absolute Gasteiger partial charge is 0.450 e. The molecule has 0 unspecified atom stereocenters. The smallest absolute Gasteiger partial charge is 0.196 e.